The molecule has 1 N–H and O–H groups in total. The first kappa shape index (κ1) is 20.0. The van der Waals surface area contributed by atoms with Gasteiger partial charge in [0.1, 0.15) is 29.4 Å². The average Bonchev–Trinajstić information content (AvgIpc) is 2.70. The molecule has 1 aromatic heterocycles. The molecule has 3 aromatic carbocycles. The zero-order chi connectivity index (χ0) is 21.1. The summed E-state index contributed by atoms with van der Waals surface area (Å²) in [4.78, 5) is 8.55. The Balaban J connectivity index is 1.45. The Bertz CT molecular complexity index is 1170. The second-order valence-electron chi connectivity index (χ2n) is 6.15. The number of aromatic nitrogens is 2. The molecule has 0 fully saturated rings. The van der Waals surface area contributed by atoms with Gasteiger partial charge in [-0.3, -0.25) is 0 Å². The van der Waals surface area contributed by atoms with Crippen molar-refractivity contribution >= 4 is 38.3 Å². The van der Waals surface area contributed by atoms with E-state index in [2.05, 4.69) is 36.0 Å². The molecule has 9 heteroatoms. The standard InChI is InChI=1S/C21H13BrF3N3O2/c22-13-1-10-18-19(11-13)26-12-27-20(18)28-14-2-4-15(5-3-14)29-16-6-8-17(9-7-16)30-21(23,24)25/h1-12H,(H,26,27,28). The number of hydrogen-bond donors (Lipinski definition) is 1. The van der Waals surface area contributed by atoms with Crippen LogP contribution in [0.15, 0.2) is 77.5 Å². The highest BCUT2D eigenvalue weighted by atomic mass is 79.9. The lowest BCUT2D eigenvalue weighted by Gasteiger charge is -2.11. The fraction of sp³-hybridized carbons (Fsp3) is 0.0476. The van der Waals surface area contributed by atoms with Crippen molar-refractivity contribution in [1.29, 1.82) is 0 Å². The van der Waals surface area contributed by atoms with E-state index in [-0.39, 0.29) is 5.75 Å². The zero-order valence-electron chi connectivity index (χ0n) is 15.2. The van der Waals surface area contributed by atoms with E-state index >= 15 is 0 Å². The van der Waals surface area contributed by atoms with E-state index in [1.165, 1.54) is 30.6 Å². The molecule has 30 heavy (non-hydrogen) atoms. The maximum Gasteiger partial charge on any atom is 0.573 e. The number of nitrogens with one attached hydrogen (secondary N) is 1. The van der Waals surface area contributed by atoms with Crippen LogP contribution in [0.25, 0.3) is 10.9 Å². The van der Waals surface area contributed by atoms with Gasteiger partial charge in [0.2, 0.25) is 0 Å². The summed E-state index contributed by atoms with van der Waals surface area (Å²) in [6.45, 7) is 0. The van der Waals surface area contributed by atoms with Crippen LogP contribution in [0, 0.1) is 0 Å². The van der Waals surface area contributed by atoms with Gasteiger partial charge in [-0.1, -0.05) is 15.9 Å². The Hall–Kier alpha value is -3.33. The van der Waals surface area contributed by atoms with Crippen LogP contribution in [0.4, 0.5) is 24.7 Å². The third-order valence-electron chi connectivity index (χ3n) is 4.01. The quantitative estimate of drug-likeness (QED) is 0.342. The predicted molar refractivity (Wildman–Crippen MR) is 110 cm³/mol. The molecule has 5 nitrogen and oxygen atoms in total. The molecule has 0 spiro atoms. The maximum absolute atomic E-state index is 12.2. The summed E-state index contributed by atoms with van der Waals surface area (Å²) in [5.41, 5.74) is 1.60. The fourth-order valence-corrected chi connectivity index (χ4v) is 3.07. The molecule has 0 saturated carbocycles. The molecule has 0 aliphatic rings. The topological polar surface area (TPSA) is 56.3 Å². The van der Waals surface area contributed by atoms with Gasteiger partial charge in [-0.15, -0.1) is 13.2 Å². The van der Waals surface area contributed by atoms with Crippen molar-refractivity contribution in [2.45, 2.75) is 6.36 Å². The van der Waals surface area contributed by atoms with E-state index in [4.69, 9.17) is 4.74 Å². The van der Waals surface area contributed by atoms with Crippen molar-refractivity contribution in [3.8, 4) is 17.2 Å². The molecule has 4 aromatic rings. The van der Waals surface area contributed by atoms with E-state index in [0.717, 1.165) is 21.1 Å². The molecule has 0 saturated heterocycles. The molecule has 1 heterocycles. The number of ether oxygens (including phenoxy) is 2. The molecular formula is C21H13BrF3N3O2. The highest BCUT2D eigenvalue weighted by Crippen LogP contribution is 2.29. The number of fused-ring (bicyclic) bond motifs is 1. The Morgan fingerprint density at radius 3 is 2.10 bits per heavy atom. The van der Waals surface area contributed by atoms with E-state index in [1.54, 1.807) is 12.1 Å². The summed E-state index contributed by atoms with van der Waals surface area (Å²) < 4.78 is 47.1. The Kier molecular flexibility index (Phi) is 5.45. The minimum Gasteiger partial charge on any atom is -0.457 e. The van der Waals surface area contributed by atoms with Crippen LogP contribution in [0.2, 0.25) is 0 Å². The fourth-order valence-electron chi connectivity index (χ4n) is 2.72. The number of nitrogens with zero attached hydrogens (tertiary/aromatic N) is 2. The van der Waals surface area contributed by atoms with Crippen LogP contribution in [0.5, 0.6) is 17.2 Å². The molecule has 0 radical (unpaired) electrons. The van der Waals surface area contributed by atoms with Gasteiger partial charge >= 0.3 is 6.36 Å². The van der Waals surface area contributed by atoms with Gasteiger partial charge in [-0.05, 0) is 66.7 Å². The van der Waals surface area contributed by atoms with Crippen molar-refractivity contribution in [2.75, 3.05) is 5.32 Å². The third-order valence-corrected chi connectivity index (χ3v) is 4.50. The van der Waals surface area contributed by atoms with Crippen molar-refractivity contribution in [3.05, 3.63) is 77.5 Å². The van der Waals surface area contributed by atoms with Crippen LogP contribution >= 0.6 is 15.9 Å². The predicted octanol–water partition coefficient (Wildman–Crippen LogP) is 6.83. The van der Waals surface area contributed by atoms with Crippen molar-refractivity contribution in [2.24, 2.45) is 0 Å². The molecule has 0 aliphatic heterocycles. The van der Waals surface area contributed by atoms with Gasteiger partial charge in [0.15, 0.2) is 0 Å². The summed E-state index contributed by atoms with van der Waals surface area (Å²) in [6, 6.07) is 18.0. The first-order valence-corrected chi connectivity index (χ1v) is 9.46. The molecule has 4 rings (SSSR count). The highest BCUT2D eigenvalue weighted by molar-refractivity contribution is 9.10. The van der Waals surface area contributed by atoms with Gasteiger partial charge in [0.25, 0.3) is 0 Å². The van der Waals surface area contributed by atoms with Crippen LogP contribution in [-0.2, 0) is 0 Å². The SMILES string of the molecule is FC(F)(F)Oc1ccc(Oc2ccc(Nc3ncnc4cc(Br)ccc34)cc2)cc1. The number of halogens is 4. The van der Waals surface area contributed by atoms with Crippen LogP contribution < -0.4 is 14.8 Å². The summed E-state index contributed by atoms with van der Waals surface area (Å²) in [7, 11) is 0. The smallest absolute Gasteiger partial charge is 0.457 e. The number of alkyl halides is 3. The molecule has 0 unspecified atom stereocenters. The summed E-state index contributed by atoms with van der Waals surface area (Å²) in [6.07, 6.45) is -3.24. The lowest BCUT2D eigenvalue weighted by atomic mass is 10.2. The monoisotopic (exact) mass is 475 g/mol. The Morgan fingerprint density at radius 1 is 0.800 bits per heavy atom. The number of hydrogen-bond acceptors (Lipinski definition) is 5. The lowest BCUT2D eigenvalue weighted by Crippen LogP contribution is -2.16. The minimum atomic E-state index is -4.73. The minimum absolute atomic E-state index is 0.307. The van der Waals surface area contributed by atoms with Crippen molar-refractivity contribution < 1.29 is 22.6 Å². The van der Waals surface area contributed by atoms with Gasteiger partial charge in [-0.25, -0.2) is 9.97 Å². The molecule has 152 valence electrons. The highest BCUT2D eigenvalue weighted by Gasteiger charge is 2.30. The average molecular weight is 476 g/mol. The van der Waals surface area contributed by atoms with Gasteiger partial charge in [-0.2, -0.15) is 0 Å². The molecular weight excluding hydrogens is 463 g/mol. The van der Waals surface area contributed by atoms with Crippen LogP contribution in [-0.4, -0.2) is 16.3 Å². The second kappa shape index (κ2) is 8.19. The number of benzene rings is 3. The van der Waals surface area contributed by atoms with Crippen molar-refractivity contribution in [1.82, 2.24) is 9.97 Å². The van der Waals surface area contributed by atoms with Gasteiger partial charge in [0, 0.05) is 15.5 Å². The first-order valence-electron chi connectivity index (χ1n) is 8.67. The number of anilines is 2. The molecule has 0 bridgehead atoms. The van der Waals surface area contributed by atoms with Crippen LogP contribution in [0.1, 0.15) is 0 Å². The van der Waals surface area contributed by atoms with E-state index in [1.807, 2.05) is 30.3 Å². The second-order valence-corrected chi connectivity index (χ2v) is 7.07. The van der Waals surface area contributed by atoms with Crippen molar-refractivity contribution in [3.63, 3.8) is 0 Å². The summed E-state index contributed by atoms with van der Waals surface area (Å²) >= 11 is 3.42. The summed E-state index contributed by atoms with van der Waals surface area (Å²) in [5.74, 6) is 1.28. The third kappa shape index (κ3) is 4.98. The molecule has 0 atom stereocenters. The molecule has 0 amide bonds. The normalized spacial score (nSPS) is 11.3. The summed E-state index contributed by atoms with van der Waals surface area (Å²) in [5, 5.41) is 4.12. The van der Waals surface area contributed by atoms with E-state index in [0.29, 0.717) is 17.3 Å². The first-order chi connectivity index (χ1) is 14.4. The molecule has 0 aliphatic carbocycles. The van der Waals surface area contributed by atoms with Gasteiger partial charge in [0.05, 0.1) is 5.52 Å². The van der Waals surface area contributed by atoms with Crippen LogP contribution in [0.3, 0.4) is 0 Å². The Morgan fingerprint density at radius 2 is 1.43 bits per heavy atom. The zero-order valence-corrected chi connectivity index (χ0v) is 16.7. The van der Waals surface area contributed by atoms with E-state index < -0.39 is 6.36 Å². The maximum atomic E-state index is 12.2. The number of rotatable bonds is 5. The van der Waals surface area contributed by atoms with E-state index in [9.17, 15) is 13.2 Å². The Labute approximate surface area is 177 Å². The largest absolute Gasteiger partial charge is 0.573 e. The van der Waals surface area contributed by atoms with Gasteiger partial charge < -0.3 is 14.8 Å². The lowest BCUT2D eigenvalue weighted by molar-refractivity contribution is -0.274.